The number of methoxy groups -OCH3 is 1. The third kappa shape index (κ3) is 6.53. The van der Waals surface area contributed by atoms with E-state index in [9.17, 15) is 4.79 Å². The van der Waals surface area contributed by atoms with Crippen LogP contribution in [0.25, 0.3) is 17.1 Å². The second-order valence-electron chi connectivity index (χ2n) is 8.28. The number of carbonyl (C=O) groups excluding carboxylic acids is 1. The molecule has 4 aromatic rings. The van der Waals surface area contributed by atoms with Gasteiger partial charge < -0.3 is 29.9 Å². The van der Waals surface area contributed by atoms with E-state index in [-0.39, 0.29) is 45.0 Å². The van der Waals surface area contributed by atoms with Gasteiger partial charge in [0.25, 0.3) is 0 Å². The van der Waals surface area contributed by atoms with Gasteiger partial charge in [0.1, 0.15) is 5.75 Å². The molecule has 3 heterocycles. The standard InChI is InChI=1S/C30H34N8O3/c1-5-28(39)32-23-17-24(26(40-4)18-25(23)37-13-15-41-16-14-37)33-30-31-12-11-27(34-30)38-20-22(19-36(2)3)29(35-38)21-9-7-6-8-10-21/h5-12,17-18,20H,1,13-16,19H2,2-4H3,(H,32,39)(H,31,33,34)/i2D3,13D2,14D2,15D2,16D2,19D2,20D. The number of hydrogen-bond donors (Lipinski definition) is 2. The van der Waals surface area contributed by atoms with Crippen LogP contribution in [0.5, 0.6) is 5.75 Å². The number of anilines is 4. The molecule has 1 aliphatic rings. The van der Waals surface area contributed by atoms with Gasteiger partial charge in [-0.15, -0.1) is 0 Å². The summed E-state index contributed by atoms with van der Waals surface area (Å²) in [6.45, 7) is -15.8. The third-order valence-corrected chi connectivity index (χ3v) is 5.50. The largest absolute Gasteiger partial charge is 0.494 e. The zero-order chi connectivity index (χ0) is 41.1. The Morgan fingerprint density at radius 3 is 2.83 bits per heavy atom. The predicted molar refractivity (Wildman–Crippen MR) is 160 cm³/mol. The van der Waals surface area contributed by atoms with Crippen molar-refractivity contribution in [1.82, 2.24) is 24.6 Å². The number of nitrogens with zero attached hydrogens (tertiary/aromatic N) is 6. The van der Waals surface area contributed by atoms with Crippen molar-refractivity contribution in [1.29, 1.82) is 0 Å². The summed E-state index contributed by atoms with van der Waals surface area (Å²) < 4.78 is 128. The summed E-state index contributed by atoms with van der Waals surface area (Å²) in [6, 6.07) is 11.8. The highest BCUT2D eigenvalue weighted by molar-refractivity contribution is 6.02. The molecular formula is C30H34N8O3. The van der Waals surface area contributed by atoms with Crippen LogP contribution in [0.2, 0.25) is 0 Å². The van der Waals surface area contributed by atoms with Crippen molar-refractivity contribution in [2.45, 2.75) is 6.50 Å². The van der Waals surface area contributed by atoms with Crippen LogP contribution in [0.1, 0.15) is 24.8 Å². The Hall–Kier alpha value is -4.74. The van der Waals surface area contributed by atoms with Crippen LogP contribution in [0, 0.1) is 0 Å². The second kappa shape index (κ2) is 12.6. The van der Waals surface area contributed by atoms with E-state index in [0.717, 1.165) is 29.9 Å². The minimum absolute atomic E-state index is 0.0312. The van der Waals surface area contributed by atoms with E-state index >= 15 is 0 Å². The number of rotatable bonds is 10. The van der Waals surface area contributed by atoms with Gasteiger partial charge in [0, 0.05) is 62.0 Å². The summed E-state index contributed by atoms with van der Waals surface area (Å²) in [5, 5.41) is 9.71. The summed E-state index contributed by atoms with van der Waals surface area (Å²) in [4.78, 5) is 21.8. The smallest absolute Gasteiger partial charge is 0.247 e. The second-order valence-corrected chi connectivity index (χ2v) is 8.28. The van der Waals surface area contributed by atoms with Gasteiger partial charge >= 0.3 is 0 Å². The third-order valence-electron chi connectivity index (χ3n) is 5.50. The highest BCUT2D eigenvalue weighted by atomic mass is 16.5. The Kier molecular flexibility index (Phi) is 4.71. The summed E-state index contributed by atoms with van der Waals surface area (Å²) >= 11 is 0. The number of nitrogens with one attached hydrogen (secondary N) is 2. The summed E-state index contributed by atoms with van der Waals surface area (Å²) in [6.07, 6.45) is 1.59. The molecular weight excluding hydrogens is 520 g/mol. The van der Waals surface area contributed by atoms with E-state index in [1.807, 2.05) is 0 Å². The quantitative estimate of drug-likeness (QED) is 0.273. The Bertz CT molecular complexity index is 2090. The molecule has 0 atom stereocenters. The summed E-state index contributed by atoms with van der Waals surface area (Å²) in [5.74, 6) is -1.30. The molecule has 2 aromatic carbocycles. The minimum Gasteiger partial charge on any atom is -0.494 e. The molecule has 11 heteroatoms. The van der Waals surface area contributed by atoms with E-state index in [4.69, 9.17) is 23.9 Å². The highest BCUT2D eigenvalue weighted by Crippen LogP contribution is 2.38. The van der Waals surface area contributed by atoms with Gasteiger partial charge in [-0.05, 0) is 26.2 Å². The molecule has 0 bridgehead atoms. The van der Waals surface area contributed by atoms with Crippen molar-refractivity contribution < 1.29 is 33.5 Å². The number of hydrogen-bond acceptors (Lipinski definition) is 9. The molecule has 1 aliphatic heterocycles. The first-order valence-corrected chi connectivity index (χ1v) is 12.0. The summed E-state index contributed by atoms with van der Waals surface area (Å²) in [5.41, 5.74) is -0.946. The van der Waals surface area contributed by atoms with Crippen LogP contribution in [0.15, 0.2) is 73.6 Å². The molecule has 1 saturated heterocycles. The van der Waals surface area contributed by atoms with Gasteiger partial charge in [-0.2, -0.15) is 10.1 Å². The van der Waals surface area contributed by atoms with E-state index in [1.54, 1.807) is 30.3 Å². The lowest BCUT2D eigenvalue weighted by molar-refractivity contribution is -0.111. The van der Waals surface area contributed by atoms with E-state index in [1.165, 1.54) is 19.4 Å². The first kappa shape index (κ1) is 15.3. The Balaban J connectivity index is 1.65. The van der Waals surface area contributed by atoms with E-state index in [2.05, 4.69) is 37.0 Å². The lowest BCUT2D eigenvalue weighted by Crippen LogP contribution is -2.36. The topological polar surface area (TPSA) is 110 Å². The van der Waals surface area contributed by atoms with Gasteiger partial charge in [0.05, 0.1) is 55.3 Å². The lowest BCUT2D eigenvalue weighted by Gasteiger charge is -2.31. The number of aromatic nitrogens is 4. The molecule has 41 heavy (non-hydrogen) atoms. The van der Waals surface area contributed by atoms with Crippen molar-refractivity contribution >= 4 is 28.9 Å². The number of carbonyl (C=O) groups is 1. The molecule has 0 aliphatic carbocycles. The highest BCUT2D eigenvalue weighted by Gasteiger charge is 2.20. The first-order valence-electron chi connectivity index (χ1n) is 19.0. The Labute approximate surface area is 259 Å². The van der Waals surface area contributed by atoms with Crippen LogP contribution >= 0.6 is 0 Å². The fraction of sp³-hybridized carbons (Fsp3) is 0.267. The van der Waals surface area contributed by atoms with Crippen LogP contribution in [0.3, 0.4) is 0 Å². The molecule has 2 aromatic heterocycles. The average molecular weight is 569 g/mol. The van der Waals surface area contributed by atoms with Crippen LogP contribution in [-0.4, -0.2) is 77.8 Å². The molecule has 1 amide bonds. The van der Waals surface area contributed by atoms with Crippen LogP contribution < -0.4 is 20.3 Å². The molecule has 2 N–H and O–H groups in total. The van der Waals surface area contributed by atoms with E-state index < -0.39 is 57.4 Å². The monoisotopic (exact) mass is 568 g/mol. The first-order chi connectivity index (χ1) is 25.3. The molecule has 0 unspecified atom stereocenters. The Morgan fingerprint density at radius 1 is 1.29 bits per heavy atom. The summed E-state index contributed by atoms with van der Waals surface area (Å²) in [7, 11) is 2.25. The molecule has 0 radical (unpaired) electrons. The van der Waals surface area contributed by atoms with Crippen molar-refractivity contribution in [3.8, 4) is 22.8 Å². The van der Waals surface area contributed by atoms with Gasteiger partial charge in [0.2, 0.25) is 11.9 Å². The van der Waals surface area contributed by atoms with Crippen molar-refractivity contribution in [3.63, 3.8) is 0 Å². The lowest BCUT2D eigenvalue weighted by atomic mass is 10.1. The molecule has 1 fully saturated rings. The maximum absolute atomic E-state index is 12.6. The zero-order valence-corrected chi connectivity index (χ0v) is 21.9. The van der Waals surface area contributed by atoms with Gasteiger partial charge in [-0.1, -0.05) is 36.9 Å². The van der Waals surface area contributed by atoms with Crippen molar-refractivity contribution in [3.05, 3.63) is 79.1 Å². The minimum atomic E-state index is -3.41. The number of ether oxygens (including phenoxy) is 2. The molecule has 0 saturated carbocycles. The maximum Gasteiger partial charge on any atom is 0.247 e. The van der Waals surface area contributed by atoms with Crippen molar-refractivity contribution in [2.24, 2.45) is 0 Å². The average Bonchev–Trinajstić information content (AvgIpc) is 3.45. The number of morpholine rings is 1. The fourth-order valence-corrected chi connectivity index (χ4v) is 3.75. The van der Waals surface area contributed by atoms with Gasteiger partial charge in [-0.3, -0.25) is 4.79 Å². The Morgan fingerprint density at radius 2 is 2.10 bits per heavy atom. The van der Waals surface area contributed by atoms with Gasteiger partial charge in [-0.25, -0.2) is 9.67 Å². The zero-order valence-electron chi connectivity index (χ0n) is 35.9. The molecule has 0 spiro atoms. The number of benzene rings is 2. The number of amides is 1. The van der Waals surface area contributed by atoms with Crippen LogP contribution in [0.4, 0.5) is 23.0 Å². The normalized spacial score (nSPS) is 23.8. The molecule has 5 rings (SSSR count). The predicted octanol–water partition coefficient (Wildman–Crippen LogP) is 4.10. The van der Waals surface area contributed by atoms with Gasteiger partial charge in [0.15, 0.2) is 5.82 Å². The van der Waals surface area contributed by atoms with E-state index in [0.29, 0.717) is 10.5 Å². The van der Waals surface area contributed by atoms with Crippen LogP contribution in [-0.2, 0) is 16.0 Å². The SMILES string of the molecule is [2H]c1c(C([2H])([2H])N(C)C([2H])([2H])[2H])c(-c2ccccc2)nn1-c1ccnc(Nc2cc(NC(=O)C=C)c(N3C([2H])([2H])C([2H])([2H])OC([2H])([2H])C3([2H])[2H])cc2OC)n1. The molecule has 212 valence electrons. The molecule has 11 nitrogen and oxygen atoms in total. The van der Waals surface area contributed by atoms with Crippen molar-refractivity contribution in [2.75, 3.05) is 62.8 Å². The fourth-order valence-electron chi connectivity index (χ4n) is 3.75. The maximum atomic E-state index is 12.6.